The summed E-state index contributed by atoms with van der Waals surface area (Å²) in [5.74, 6) is -0.811. The fourth-order valence-corrected chi connectivity index (χ4v) is 6.30. The van der Waals surface area contributed by atoms with E-state index in [1.54, 1.807) is 0 Å². The van der Waals surface area contributed by atoms with Gasteiger partial charge in [-0.25, -0.2) is 0 Å². The molecule has 0 saturated carbocycles. The third-order valence-electron chi connectivity index (χ3n) is 9.65. The van der Waals surface area contributed by atoms with Gasteiger partial charge in [0.05, 0.1) is 13.2 Å². The number of carbonyl (C=O) groups excluding carboxylic acids is 2. The molecule has 0 amide bonds. The van der Waals surface area contributed by atoms with Gasteiger partial charge < -0.3 is 39.4 Å². The Morgan fingerprint density at radius 2 is 1.04 bits per heavy atom. The van der Waals surface area contributed by atoms with Crippen molar-refractivity contribution in [3.8, 4) is 0 Å². The van der Waals surface area contributed by atoms with Crippen LogP contribution in [0.25, 0.3) is 0 Å². The molecule has 1 aliphatic heterocycles. The van der Waals surface area contributed by atoms with Gasteiger partial charge in [0, 0.05) is 12.8 Å². The molecular weight excluding hydrogens is 652 g/mol. The average Bonchev–Trinajstić information content (AvgIpc) is 3.13. The van der Waals surface area contributed by atoms with Crippen molar-refractivity contribution >= 4 is 11.9 Å². The van der Waals surface area contributed by atoms with Gasteiger partial charge in [-0.3, -0.25) is 9.59 Å². The second-order valence-corrected chi connectivity index (χ2v) is 14.4. The smallest absolute Gasteiger partial charge is 0.306 e. The topological polar surface area (TPSA) is 152 Å². The van der Waals surface area contributed by atoms with Crippen LogP contribution in [0.1, 0.15) is 181 Å². The van der Waals surface area contributed by atoms with Crippen LogP contribution in [0.2, 0.25) is 0 Å². The van der Waals surface area contributed by atoms with Crippen molar-refractivity contribution < 1.29 is 49.0 Å². The molecular formula is C41H76O10. The van der Waals surface area contributed by atoms with Gasteiger partial charge in [-0.1, -0.05) is 142 Å². The molecule has 1 fully saturated rings. The number of hydrogen-bond acceptors (Lipinski definition) is 10. The van der Waals surface area contributed by atoms with Crippen LogP contribution in [-0.4, -0.2) is 89.0 Å². The Hall–Kier alpha value is -1.56. The first-order valence-corrected chi connectivity index (χ1v) is 20.8. The lowest BCUT2D eigenvalue weighted by molar-refractivity contribution is -0.305. The van der Waals surface area contributed by atoms with Gasteiger partial charge in [0.2, 0.25) is 0 Å². The second kappa shape index (κ2) is 33.0. The zero-order valence-corrected chi connectivity index (χ0v) is 32.4. The van der Waals surface area contributed by atoms with Gasteiger partial charge in [0.1, 0.15) is 31.0 Å². The Balaban J connectivity index is 2.37. The van der Waals surface area contributed by atoms with Gasteiger partial charge in [-0.05, 0) is 38.5 Å². The molecule has 0 aliphatic carbocycles. The van der Waals surface area contributed by atoms with Gasteiger partial charge in [-0.2, -0.15) is 0 Å². The Bertz CT molecular complexity index is 850. The first kappa shape index (κ1) is 47.5. The molecule has 10 heteroatoms. The maximum Gasteiger partial charge on any atom is 0.306 e. The Kier molecular flexibility index (Phi) is 30.7. The third kappa shape index (κ3) is 25.2. The zero-order valence-electron chi connectivity index (χ0n) is 32.4. The molecule has 1 rings (SSSR count). The van der Waals surface area contributed by atoms with Crippen LogP contribution in [0.3, 0.4) is 0 Å². The Morgan fingerprint density at radius 1 is 0.588 bits per heavy atom. The number of esters is 2. The summed E-state index contributed by atoms with van der Waals surface area (Å²) >= 11 is 0. The summed E-state index contributed by atoms with van der Waals surface area (Å²) in [6.07, 6.45) is 25.0. The molecule has 0 aromatic rings. The number of allylic oxidation sites excluding steroid dienone is 2. The number of unbranched alkanes of at least 4 members (excludes halogenated alkanes) is 21. The van der Waals surface area contributed by atoms with Crippen LogP contribution in [0, 0.1) is 0 Å². The molecule has 0 radical (unpaired) electrons. The van der Waals surface area contributed by atoms with E-state index >= 15 is 0 Å². The van der Waals surface area contributed by atoms with E-state index in [4.69, 9.17) is 18.9 Å². The van der Waals surface area contributed by atoms with E-state index in [2.05, 4.69) is 26.0 Å². The predicted molar refractivity (Wildman–Crippen MR) is 201 cm³/mol. The van der Waals surface area contributed by atoms with E-state index in [0.29, 0.717) is 6.42 Å². The quantitative estimate of drug-likeness (QED) is 0.0291. The highest BCUT2D eigenvalue weighted by atomic mass is 16.7. The molecule has 300 valence electrons. The highest BCUT2D eigenvalue weighted by Gasteiger charge is 2.44. The molecule has 0 aromatic heterocycles. The number of hydrogen-bond donors (Lipinski definition) is 4. The molecule has 4 N–H and O–H groups in total. The van der Waals surface area contributed by atoms with Crippen molar-refractivity contribution in [1.82, 2.24) is 0 Å². The molecule has 0 aromatic carbocycles. The number of aliphatic hydroxyl groups is 4. The van der Waals surface area contributed by atoms with E-state index in [-0.39, 0.29) is 32.0 Å². The molecule has 1 aliphatic rings. The Morgan fingerprint density at radius 3 is 1.53 bits per heavy atom. The molecule has 6 atom stereocenters. The van der Waals surface area contributed by atoms with Crippen LogP contribution < -0.4 is 0 Å². The molecule has 0 bridgehead atoms. The Labute approximate surface area is 310 Å². The fourth-order valence-electron chi connectivity index (χ4n) is 6.30. The van der Waals surface area contributed by atoms with Crippen LogP contribution in [-0.2, 0) is 28.5 Å². The lowest BCUT2D eigenvalue weighted by Crippen LogP contribution is -2.59. The first-order valence-electron chi connectivity index (χ1n) is 20.8. The number of aliphatic hydroxyl groups excluding tert-OH is 4. The summed E-state index contributed by atoms with van der Waals surface area (Å²) in [6.45, 7) is 3.40. The normalized spacial score (nSPS) is 21.3. The van der Waals surface area contributed by atoms with E-state index in [1.807, 2.05) is 0 Å². The van der Waals surface area contributed by atoms with Crippen LogP contribution in [0.4, 0.5) is 0 Å². The lowest BCUT2D eigenvalue weighted by Gasteiger charge is -2.39. The van der Waals surface area contributed by atoms with Crippen LogP contribution >= 0.6 is 0 Å². The maximum atomic E-state index is 12.7. The van der Waals surface area contributed by atoms with Crippen molar-refractivity contribution in [3.05, 3.63) is 12.2 Å². The SMILES string of the molecule is CCCCCCC/C=C/CCCCCCCC(=O)OC[C@@H](CO[C@H]1O[C@@H](CO)[C@@H](O)C(O)C1O)OC(=O)CCCCCCCCCCCCCC. The minimum absolute atomic E-state index is 0.217. The monoisotopic (exact) mass is 729 g/mol. The molecule has 1 heterocycles. The number of ether oxygens (including phenoxy) is 4. The molecule has 0 spiro atoms. The number of rotatable bonds is 34. The van der Waals surface area contributed by atoms with Crippen molar-refractivity contribution in [2.24, 2.45) is 0 Å². The predicted octanol–water partition coefficient (Wildman–Crippen LogP) is 8.00. The van der Waals surface area contributed by atoms with E-state index in [0.717, 1.165) is 57.8 Å². The van der Waals surface area contributed by atoms with E-state index in [1.165, 1.54) is 89.9 Å². The average molecular weight is 729 g/mol. The largest absolute Gasteiger partial charge is 0.462 e. The molecule has 10 nitrogen and oxygen atoms in total. The second-order valence-electron chi connectivity index (χ2n) is 14.4. The maximum absolute atomic E-state index is 12.7. The van der Waals surface area contributed by atoms with Crippen molar-refractivity contribution in [1.29, 1.82) is 0 Å². The lowest BCUT2D eigenvalue weighted by atomic mass is 9.99. The van der Waals surface area contributed by atoms with Crippen LogP contribution in [0.15, 0.2) is 12.2 Å². The minimum atomic E-state index is -1.59. The summed E-state index contributed by atoms with van der Waals surface area (Å²) in [5.41, 5.74) is 0. The standard InChI is InChI=1S/C41H76O10/c1-3-5-7-9-11-13-15-17-18-20-21-23-25-27-29-36(43)48-32-34(33-49-41-40(47)39(46)38(45)35(31-42)51-41)50-37(44)30-28-26-24-22-19-16-14-12-10-8-6-4-2/h15,17,34-35,38-42,45-47H,3-14,16,18-33H2,1-2H3/b17-15+/t34-,35-,38+,39?,40?,41-/m0/s1. The fraction of sp³-hybridized carbons (Fsp3) is 0.902. The third-order valence-corrected chi connectivity index (χ3v) is 9.65. The molecule has 2 unspecified atom stereocenters. The highest BCUT2D eigenvalue weighted by molar-refractivity contribution is 5.70. The summed E-state index contributed by atoms with van der Waals surface area (Å²) in [7, 11) is 0. The van der Waals surface area contributed by atoms with Crippen molar-refractivity contribution in [2.75, 3.05) is 19.8 Å². The summed E-state index contributed by atoms with van der Waals surface area (Å²) in [5, 5.41) is 39.9. The van der Waals surface area contributed by atoms with Crippen molar-refractivity contribution in [2.45, 2.75) is 218 Å². The first-order chi connectivity index (χ1) is 24.8. The minimum Gasteiger partial charge on any atom is -0.462 e. The van der Waals surface area contributed by atoms with Crippen LogP contribution in [0.5, 0.6) is 0 Å². The zero-order chi connectivity index (χ0) is 37.4. The van der Waals surface area contributed by atoms with E-state index < -0.39 is 49.4 Å². The summed E-state index contributed by atoms with van der Waals surface area (Å²) < 4.78 is 22.1. The number of carbonyl (C=O) groups is 2. The van der Waals surface area contributed by atoms with Gasteiger partial charge >= 0.3 is 11.9 Å². The van der Waals surface area contributed by atoms with Gasteiger partial charge in [-0.15, -0.1) is 0 Å². The van der Waals surface area contributed by atoms with Gasteiger partial charge in [0.25, 0.3) is 0 Å². The summed E-state index contributed by atoms with van der Waals surface area (Å²) in [6, 6.07) is 0. The van der Waals surface area contributed by atoms with Gasteiger partial charge in [0.15, 0.2) is 12.4 Å². The van der Waals surface area contributed by atoms with Crippen molar-refractivity contribution in [3.63, 3.8) is 0 Å². The summed E-state index contributed by atoms with van der Waals surface area (Å²) in [4.78, 5) is 25.2. The molecule has 1 saturated heterocycles. The van der Waals surface area contributed by atoms with E-state index in [9.17, 15) is 30.0 Å². The highest BCUT2D eigenvalue weighted by Crippen LogP contribution is 2.22. The molecule has 51 heavy (non-hydrogen) atoms.